The maximum Gasteiger partial charge on any atom is 0.272 e. The van der Waals surface area contributed by atoms with Crippen LogP contribution in [-0.2, 0) is 31.4 Å². The lowest BCUT2D eigenvalue weighted by molar-refractivity contribution is -0.134. The molecule has 0 radical (unpaired) electrons. The van der Waals surface area contributed by atoms with E-state index >= 15 is 0 Å². The van der Waals surface area contributed by atoms with Gasteiger partial charge >= 0.3 is 0 Å². The van der Waals surface area contributed by atoms with Crippen LogP contribution in [-0.4, -0.2) is 39.6 Å². The van der Waals surface area contributed by atoms with E-state index in [-0.39, 0.29) is 30.8 Å². The number of hydrogen-bond donors (Lipinski definition) is 1. The molecule has 1 aliphatic rings. The molecule has 2 amide bonds. The Morgan fingerprint density at radius 3 is 2.59 bits per heavy atom. The Balaban J connectivity index is 1.40. The minimum Gasteiger partial charge on any atom is -0.484 e. The number of carbonyl (C=O) groups excluding carboxylic acids is 2. The number of nitrogens with one attached hydrogen (secondary N) is 1. The third kappa shape index (κ3) is 4.91. The molecule has 0 saturated heterocycles. The fraction of sp³-hybridized carbons (Fsp3) is 0.261. The molecule has 166 valence electrons. The molecule has 32 heavy (non-hydrogen) atoms. The zero-order chi connectivity index (χ0) is 22.7. The van der Waals surface area contributed by atoms with Crippen LogP contribution in [0.2, 0.25) is 5.02 Å². The number of hydrogen-bond acceptors (Lipinski definition) is 4. The summed E-state index contributed by atoms with van der Waals surface area (Å²) in [5, 5.41) is 7.90. The molecule has 1 N–H and O–H groups in total. The van der Waals surface area contributed by atoms with E-state index in [1.54, 1.807) is 28.8 Å². The maximum atomic E-state index is 13.0. The topological polar surface area (TPSA) is 76.5 Å². The highest BCUT2D eigenvalue weighted by atomic mass is 35.5. The van der Waals surface area contributed by atoms with Crippen LogP contribution in [0.4, 0.5) is 4.39 Å². The Labute approximate surface area is 189 Å². The molecular weight excluding hydrogens is 435 g/mol. The molecule has 9 heteroatoms. The first-order valence-corrected chi connectivity index (χ1v) is 10.5. The standard InChI is InChI=1S/C23H22ClFN4O3/c1-28-20-10-11-29(21(30)14-32-18-8-6-17(25)7-9-18)13-19(20)22(27-28)23(31)26-12-15-2-4-16(24)5-3-15/h2-9H,10-14H2,1H3,(H,26,31). The van der Waals surface area contributed by atoms with Gasteiger partial charge in [-0.25, -0.2) is 4.39 Å². The highest BCUT2D eigenvalue weighted by molar-refractivity contribution is 6.30. The Morgan fingerprint density at radius 2 is 1.88 bits per heavy atom. The van der Waals surface area contributed by atoms with Crippen LogP contribution >= 0.6 is 11.6 Å². The molecule has 2 heterocycles. The summed E-state index contributed by atoms with van der Waals surface area (Å²) in [6, 6.07) is 12.7. The number of aromatic nitrogens is 2. The summed E-state index contributed by atoms with van der Waals surface area (Å²) >= 11 is 5.90. The molecule has 7 nitrogen and oxygen atoms in total. The molecule has 0 unspecified atom stereocenters. The van der Waals surface area contributed by atoms with Gasteiger partial charge < -0.3 is 15.0 Å². The first-order valence-electron chi connectivity index (χ1n) is 10.1. The fourth-order valence-corrected chi connectivity index (χ4v) is 3.75. The zero-order valence-electron chi connectivity index (χ0n) is 17.5. The predicted octanol–water partition coefficient (Wildman–Crippen LogP) is 3.11. The molecular formula is C23H22ClFN4O3. The van der Waals surface area contributed by atoms with Crippen LogP contribution in [0.3, 0.4) is 0 Å². The van der Waals surface area contributed by atoms with E-state index in [0.29, 0.717) is 36.0 Å². The van der Waals surface area contributed by atoms with Crippen molar-refractivity contribution in [2.75, 3.05) is 13.2 Å². The van der Waals surface area contributed by atoms with Crippen LogP contribution in [0.1, 0.15) is 27.3 Å². The third-order valence-corrected chi connectivity index (χ3v) is 5.60. The monoisotopic (exact) mass is 456 g/mol. The molecule has 0 spiro atoms. The number of amides is 2. The number of rotatable bonds is 6. The van der Waals surface area contributed by atoms with Gasteiger partial charge in [0, 0.05) is 49.4 Å². The minimum atomic E-state index is -0.370. The lowest BCUT2D eigenvalue weighted by Gasteiger charge is -2.27. The van der Waals surface area contributed by atoms with Crippen LogP contribution in [0.5, 0.6) is 5.75 Å². The molecule has 4 rings (SSSR count). The summed E-state index contributed by atoms with van der Waals surface area (Å²) in [5.41, 5.74) is 2.91. The van der Waals surface area contributed by atoms with Crippen molar-refractivity contribution in [3.05, 3.63) is 81.9 Å². The van der Waals surface area contributed by atoms with Crippen molar-refractivity contribution in [1.29, 1.82) is 0 Å². The van der Waals surface area contributed by atoms with Gasteiger partial charge in [0.15, 0.2) is 12.3 Å². The van der Waals surface area contributed by atoms with Crippen molar-refractivity contribution in [2.24, 2.45) is 7.05 Å². The fourth-order valence-electron chi connectivity index (χ4n) is 3.62. The molecule has 0 atom stereocenters. The van der Waals surface area contributed by atoms with E-state index < -0.39 is 0 Å². The van der Waals surface area contributed by atoms with Gasteiger partial charge in [-0.1, -0.05) is 23.7 Å². The molecule has 0 fully saturated rings. The highest BCUT2D eigenvalue weighted by Crippen LogP contribution is 2.23. The number of fused-ring (bicyclic) bond motifs is 1. The van der Waals surface area contributed by atoms with Gasteiger partial charge in [0.2, 0.25) is 0 Å². The number of halogens is 2. The average Bonchev–Trinajstić information content (AvgIpc) is 3.14. The zero-order valence-corrected chi connectivity index (χ0v) is 18.2. The SMILES string of the molecule is Cn1nc(C(=O)NCc2ccc(Cl)cc2)c2c1CCN(C(=O)COc1ccc(F)cc1)C2. The minimum absolute atomic E-state index is 0.167. The first-order chi connectivity index (χ1) is 15.4. The number of ether oxygens (including phenoxy) is 1. The summed E-state index contributed by atoms with van der Waals surface area (Å²) in [6.07, 6.45) is 0.589. The first kappa shape index (κ1) is 21.8. The van der Waals surface area contributed by atoms with Gasteiger partial charge in [0.1, 0.15) is 11.6 Å². The van der Waals surface area contributed by atoms with Crippen LogP contribution < -0.4 is 10.1 Å². The number of aryl methyl sites for hydroxylation is 1. The van der Waals surface area contributed by atoms with Crippen molar-refractivity contribution in [2.45, 2.75) is 19.5 Å². The van der Waals surface area contributed by atoms with Crippen molar-refractivity contribution < 1.29 is 18.7 Å². The molecule has 2 aromatic carbocycles. The number of carbonyl (C=O) groups is 2. The van der Waals surface area contributed by atoms with Gasteiger partial charge in [0.25, 0.3) is 11.8 Å². The molecule has 0 saturated carbocycles. The van der Waals surface area contributed by atoms with E-state index in [0.717, 1.165) is 16.8 Å². The quantitative estimate of drug-likeness (QED) is 0.618. The van der Waals surface area contributed by atoms with E-state index in [9.17, 15) is 14.0 Å². The second-order valence-corrected chi connectivity index (χ2v) is 7.95. The van der Waals surface area contributed by atoms with Gasteiger partial charge in [0.05, 0.1) is 0 Å². The van der Waals surface area contributed by atoms with Crippen LogP contribution in [0.15, 0.2) is 48.5 Å². The highest BCUT2D eigenvalue weighted by Gasteiger charge is 2.29. The predicted molar refractivity (Wildman–Crippen MR) is 117 cm³/mol. The molecule has 1 aromatic heterocycles. The summed E-state index contributed by atoms with van der Waals surface area (Å²) in [6.45, 7) is 0.956. The van der Waals surface area contributed by atoms with Crippen molar-refractivity contribution in [1.82, 2.24) is 20.0 Å². The van der Waals surface area contributed by atoms with Crippen molar-refractivity contribution >= 4 is 23.4 Å². The Bertz CT molecular complexity index is 1130. The Kier molecular flexibility index (Phi) is 6.41. The Hall–Kier alpha value is -3.39. The van der Waals surface area contributed by atoms with E-state index in [2.05, 4.69) is 10.4 Å². The molecule has 0 bridgehead atoms. The smallest absolute Gasteiger partial charge is 0.272 e. The van der Waals surface area contributed by atoms with Crippen molar-refractivity contribution in [3.8, 4) is 5.75 Å². The third-order valence-electron chi connectivity index (χ3n) is 5.35. The maximum absolute atomic E-state index is 13.0. The van der Waals surface area contributed by atoms with Crippen molar-refractivity contribution in [3.63, 3.8) is 0 Å². The Morgan fingerprint density at radius 1 is 1.16 bits per heavy atom. The second kappa shape index (κ2) is 9.40. The van der Waals surface area contributed by atoms with Crippen LogP contribution in [0, 0.1) is 5.82 Å². The average molecular weight is 457 g/mol. The second-order valence-electron chi connectivity index (χ2n) is 7.51. The lowest BCUT2D eigenvalue weighted by Crippen LogP contribution is -2.39. The van der Waals surface area contributed by atoms with Crippen LogP contribution in [0.25, 0.3) is 0 Å². The van der Waals surface area contributed by atoms with E-state index in [1.165, 1.54) is 24.3 Å². The number of nitrogens with zero attached hydrogens (tertiary/aromatic N) is 3. The van der Waals surface area contributed by atoms with E-state index in [4.69, 9.17) is 16.3 Å². The van der Waals surface area contributed by atoms with E-state index in [1.807, 2.05) is 12.1 Å². The molecule has 0 aliphatic carbocycles. The lowest BCUT2D eigenvalue weighted by atomic mass is 10.0. The number of benzene rings is 2. The summed E-state index contributed by atoms with van der Waals surface area (Å²) in [5.74, 6) is -0.461. The van der Waals surface area contributed by atoms with Gasteiger partial charge in [-0.05, 0) is 42.0 Å². The summed E-state index contributed by atoms with van der Waals surface area (Å²) in [7, 11) is 1.80. The molecule has 1 aliphatic heterocycles. The summed E-state index contributed by atoms with van der Waals surface area (Å²) in [4.78, 5) is 27.1. The largest absolute Gasteiger partial charge is 0.484 e. The van der Waals surface area contributed by atoms with Gasteiger partial charge in [-0.3, -0.25) is 14.3 Å². The normalized spacial score (nSPS) is 12.9. The van der Waals surface area contributed by atoms with Gasteiger partial charge in [-0.2, -0.15) is 5.10 Å². The van der Waals surface area contributed by atoms with Gasteiger partial charge in [-0.15, -0.1) is 0 Å². The molecule has 3 aromatic rings. The summed E-state index contributed by atoms with van der Waals surface area (Å²) < 4.78 is 20.2.